The minimum Gasteiger partial charge on any atom is -0.461 e. The molecule has 0 spiro atoms. The molecule has 1 saturated heterocycles. The number of benzene rings is 1. The number of esters is 2. The van der Waals surface area contributed by atoms with Crippen LogP contribution in [-0.4, -0.2) is 43.4 Å². The zero-order valence-electron chi connectivity index (χ0n) is 17.7. The van der Waals surface area contributed by atoms with Gasteiger partial charge < -0.3 is 24.3 Å². The second-order valence-electron chi connectivity index (χ2n) is 7.31. The molecule has 1 aromatic rings. The summed E-state index contributed by atoms with van der Waals surface area (Å²) in [5.74, 6) is -0.762. The lowest BCUT2D eigenvalue weighted by molar-refractivity contribution is -0.242. The lowest BCUT2D eigenvalue weighted by Crippen LogP contribution is -2.52. The van der Waals surface area contributed by atoms with Gasteiger partial charge in [-0.05, 0) is 30.5 Å². The van der Waals surface area contributed by atoms with Crippen LogP contribution in [0.4, 0.5) is 0 Å². The lowest BCUT2D eigenvalue weighted by Gasteiger charge is -2.42. The van der Waals surface area contributed by atoms with Crippen molar-refractivity contribution < 1.29 is 33.3 Å². The number of carbonyl (C=O) groups excluding carboxylic acids is 3. The molecule has 1 aliphatic heterocycles. The number of hydrogen-bond acceptors (Lipinski definition) is 7. The maximum atomic E-state index is 12.4. The van der Waals surface area contributed by atoms with E-state index in [2.05, 4.69) is 5.32 Å². The smallest absolute Gasteiger partial charge is 0.303 e. The third kappa shape index (κ3) is 5.69. The highest BCUT2D eigenvalue weighted by molar-refractivity contribution is 5.97. The fourth-order valence-corrected chi connectivity index (χ4v) is 3.23. The largest absolute Gasteiger partial charge is 0.461 e. The Morgan fingerprint density at radius 3 is 2.34 bits per heavy atom. The highest BCUT2D eigenvalue weighted by Crippen LogP contribution is 2.34. The van der Waals surface area contributed by atoms with Crippen LogP contribution >= 0.6 is 0 Å². The van der Waals surface area contributed by atoms with Gasteiger partial charge in [-0.1, -0.05) is 19.9 Å². The van der Waals surface area contributed by atoms with Crippen LogP contribution in [0.2, 0.25) is 0 Å². The third-order valence-electron chi connectivity index (χ3n) is 5.21. The summed E-state index contributed by atoms with van der Waals surface area (Å²) in [5, 5.41) is 2.57. The molecule has 0 radical (unpaired) electrons. The molecule has 8 heteroatoms. The molecule has 1 N–H and O–H groups in total. The highest BCUT2D eigenvalue weighted by Gasteiger charge is 2.43. The molecule has 0 saturated carbocycles. The standard InChI is InChI=1S/C21H29NO7/c1-11-12(2)19(28-15(5)24)21(27-13(11)3)29-18-8-7-16(10-26-14(4)23)9-17(18)20(25)22-6/h7-9,11-13,19,21H,10H2,1-6H3,(H,22,25)/t11-,12-,13+,19+,21-/m0/s1. The number of nitrogens with one attached hydrogen (secondary N) is 1. The van der Waals surface area contributed by atoms with Crippen molar-refractivity contribution in [3.8, 4) is 5.75 Å². The predicted molar refractivity (Wildman–Crippen MR) is 104 cm³/mol. The van der Waals surface area contributed by atoms with E-state index in [9.17, 15) is 14.4 Å². The lowest BCUT2D eigenvalue weighted by atomic mass is 9.84. The van der Waals surface area contributed by atoms with Gasteiger partial charge in [0.15, 0.2) is 6.10 Å². The van der Waals surface area contributed by atoms with E-state index in [0.717, 1.165) is 0 Å². The molecular weight excluding hydrogens is 378 g/mol. The first kappa shape index (κ1) is 22.7. The van der Waals surface area contributed by atoms with Gasteiger partial charge in [0, 0.05) is 26.8 Å². The second kappa shape index (κ2) is 9.73. The molecule has 29 heavy (non-hydrogen) atoms. The maximum Gasteiger partial charge on any atom is 0.303 e. The van der Waals surface area contributed by atoms with Crippen molar-refractivity contribution in [3.05, 3.63) is 29.3 Å². The van der Waals surface area contributed by atoms with E-state index in [1.807, 2.05) is 20.8 Å². The van der Waals surface area contributed by atoms with E-state index in [1.54, 1.807) is 18.2 Å². The van der Waals surface area contributed by atoms with E-state index in [0.29, 0.717) is 5.56 Å². The minimum absolute atomic E-state index is 0.000610. The Labute approximate surface area is 170 Å². The van der Waals surface area contributed by atoms with Crippen LogP contribution in [0.25, 0.3) is 0 Å². The van der Waals surface area contributed by atoms with Crippen molar-refractivity contribution in [1.82, 2.24) is 5.32 Å². The summed E-state index contributed by atoms with van der Waals surface area (Å²) in [6.07, 6.45) is -1.59. The summed E-state index contributed by atoms with van der Waals surface area (Å²) < 4.78 is 22.5. The van der Waals surface area contributed by atoms with Gasteiger partial charge in [-0.15, -0.1) is 0 Å². The SMILES string of the molecule is CNC(=O)c1cc(COC(C)=O)ccc1O[C@@H]1O[C@H](C)[C@@H](C)[C@H](C)[C@H]1OC(C)=O. The molecule has 8 nitrogen and oxygen atoms in total. The Hall–Kier alpha value is -2.61. The minimum atomic E-state index is -0.858. The van der Waals surface area contributed by atoms with E-state index in [4.69, 9.17) is 18.9 Å². The van der Waals surface area contributed by atoms with Gasteiger partial charge >= 0.3 is 11.9 Å². The zero-order valence-corrected chi connectivity index (χ0v) is 17.7. The molecule has 0 aliphatic carbocycles. The Kier molecular flexibility index (Phi) is 7.61. The van der Waals surface area contributed by atoms with Gasteiger partial charge in [0.2, 0.25) is 6.29 Å². The first-order valence-corrected chi connectivity index (χ1v) is 9.61. The first-order chi connectivity index (χ1) is 13.6. The molecule has 2 rings (SSSR count). The van der Waals surface area contributed by atoms with Crippen molar-refractivity contribution in [3.63, 3.8) is 0 Å². The summed E-state index contributed by atoms with van der Waals surface area (Å²) >= 11 is 0. The van der Waals surface area contributed by atoms with Gasteiger partial charge in [0.1, 0.15) is 12.4 Å². The summed E-state index contributed by atoms with van der Waals surface area (Å²) in [7, 11) is 1.51. The Morgan fingerprint density at radius 2 is 1.76 bits per heavy atom. The number of amides is 1. The average Bonchev–Trinajstić information content (AvgIpc) is 2.67. The molecule has 0 unspecified atom stereocenters. The van der Waals surface area contributed by atoms with Crippen molar-refractivity contribution in [1.29, 1.82) is 0 Å². The predicted octanol–water partition coefficient (Wildman–Crippen LogP) is 2.44. The number of rotatable bonds is 6. The first-order valence-electron chi connectivity index (χ1n) is 9.61. The summed E-state index contributed by atoms with van der Waals surface area (Å²) in [5.41, 5.74) is 0.906. The van der Waals surface area contributed by atoms with Crippen molar-refractivity contribution >= 4 is 17.8 Å². The molecule has 5 atom stereocenters. The Morgan fingerprint density at radius 1 is 1.07 bits per heavy atom. The van der Waals surface area contributed by atoms with Gasteiger partial charge in [0.25, 0.3) is 5.91 Å². The Bertz CT molecular complexity index is 763. The number of ether oxygens (including phenoxy) is 4. The summed E-state index contributed by atoms with van der Waals surface area (Å²) in [6, 6.07) is 4.91. The molecule has 160 valence electrons. The third-order valence-corrected chi connectivity index (χ3v) is 5.21. The van der Waals surface area contributed by atoms with Gasteiger partial charge in [-0.3, -0.25) is 14.4 Å². The quantitative estimate of drug-likeness (QED) is 0.723. The monoisotopic (exact) mass is 407 g/mol. The fourth-order valence-electron chi connectivity index (χ4n) is 3.23. The van der Waals surface area contributed by atoms with Crippen LogP contribution in [0.3, 0.4) is 0 Å². The van der Waals surface area contributed by atoms with Crippen LogP contribution in [0, 0.1) is 11.8 Å². The molecule has 0 aromatic heterocycles. The topological polar surface area (TPSA) is 100 Å². The van der Waals surface area contributed by atoms with Crippen molar-refractivity contribution in [2.24, 2.45) is 11.8 Å². The van der Waals surface area contributed by atoms with E-state index >= 15 is 0 Å². The maximum absolute atomic E-state index is 12.4. The molecule has 1 amide bonds. The molecule has 0 bridgehead atoms. The van der Waals surface area contributed by atoms with Gasteiger partial charge in [-0.25, -0.2) is 0 Å². The molecule has 1 heterocycles. The highest BCUT2D eigenvalue weighted by atomic mass is 16.7. The van der Waals surface area contributed by atoms with Crippen LogP contribution < -0.4 is 10.1 Å². The molecular formula is C21H29NO7. The molecule has 1 aliphatic rings. The average molecular weight is 407 g/mol. The van der Waals surface area contributed by atoms with Crippen LogP contribution in [0.15, 0.2) is 18.2 Å². The van der Waals surface area contributed by atoms with Crippen LogP contribution in [0.5, 0.6) is 5.75 Å². The number of hydrogen-bond donors (Lipinski definition) is 1. The molecule has 1 fully saturated rings. The van der Waals surface area contributed by atoms with Crippen LogP contribution in [-0.2, 0) is 30.4 Å². The zero-order chi connectivity index (χ0) is 21.7. The van der Waals surface area contributed by atoms with Crippen molar-refractivity contribution in [2.75, 3.05) is 7.05 Å². The summed E-state index contributed by atoms with van der Waals surface area (Å²) in [4.78, 5) is 35.0. The van der Waals surface area contributed by atoms with E-state index in [-0.39, 0.29) is 41.8 Å². The summed E-state index contributed by atoms with van der Waals surface area (Å²) in [6.45, 7) is 8.64. The number of carbonyl (C=O) groups is 3. The van der Waals surface area contributed by atoms with Crippen LogP contribution in [0.1, 0.15) is 50.5 Å². The van der Waals surface area contributed by atoms with Gasteiger partial charge in [0.05, 0.1) is 11.7 Å². The fraction of sp³-hybridized carbons (Fsp3) is 0.571. The van der Waals surface area contributed by atoms with Crippen molar-refractivity contribution in [2.45, 2.75) is 59.7 Å². The second-order valence-corrected chi connectivity index (χ2v) is 7.31. The van der Waals surface area contributed by atoms with E-state index < -0.39 is 24.3 Å². The molecule has 1 aromatic carbocycles. The van der Waals surface area contributed by atoms with E-state index in [1.165, 1.54) is 20.9 Å². The van der Waals surface area contributed by atoms with Gasteiger partial charge in [-0.2, -0.15) is 0 Å². The Balaban J connectivity index is 2.32. The normalized spacial score (nSPS) is 26.3.